The Morgan fingerprint density at radius 2 is 1.57 bits per heavy atom. The fraction of sp³-hybridized carbons (Fsp3) is 0.424. The quantitative estimate of drug-likeness (QED) is 0.240. The van der Waals surface area contributed by atoms with Gasteiger partial charge in [0.25, 0.3) is 0 Å². The van der Waals surface area contributed by atoms with Crippen molar-refractivity contribution in [3.63, 3.8) is 0 Å². The predicted molar refractivity (Wildman–Crippen MR) is 167 cm³/mol. The molecular formula is C33H43N5O6. The van der Waals surface area contributed by atoms with E-state index in [0.29, 0.717) is 0 Å². The number of nitrogens with zero attached hydrogens (tertiary/aromatic N) is 2. The van der Waals surface area contributed by atoms with Crippen LogP contribution in [0.15, 0.2) is 73.2 Å². The van der Waals surface area contributed by atoms with Gasteiger partial charge < -0.3 is 30.0 Å². The summed E-state index contributed by atoms with van der Waals surface area (Å²) < 4.78 is 12.7. The van der Waals surface area contributed by atoms with Crippen molar-refractivity contribution in [2.24, 2.45) is 5.92 Å². The molecule has 1 aromatic heterocycles. The van der Waals surface area contributed by atoms with Crippen molar-refractivity contribution in [2.45, 2.75) is 78.3 Å². The van der Waals surface area contributed by atoms with Crippen LogP contribution in [0.25, 0.3) is 0 Å². The van der Waals surface area contributed by atoms with E-state index in [1.807, 2.05) is 67.6 Å². The van der Waals surface area contributed by atoms with Crippen LogP contribution in [0.1, 0.15) is 65.1 Å². The highest BCUT2D eigenvalue weighted by molar-refractivity contribution is 5.98. The van der Waals surface area contributed by atoms with E-state index in [0.717, 1.165) is 11.1 Å². The third-order valence-electron chi connectivity index (χ3n) is 6.63. The first-order chi connectivity index (χ1) is 20.7. The average Bonchev–Trinajstić information content (AvgIpc) is 3.38. The van der Waals surface area contributed by atoms with Gasteiger partial charge in [-0.3, -0.25) is 14.4 Å². The molecule has 0 radical (unpaired) electrons. The molecule has 1 unspecified atom stereocenters. The van der Waals surface area contributed by atoms with E-state index >= 15 is 0 Å². The summed E-state index contributed by atoms with van der Waals surface area (Å²) in [5.41, 5.74) is -0.129. The van der Waals surface area contributed by atoms with Crippen molar-refractivity contribution < 1.29 is 28.7 Å². The monoisotopic (exact) mass is 605 g/mol. The standard InChI is InChI=1S/C33H43N5O6/c1-23(25-15-11-8-12-16-25)35-29(40)19-38-18-28(34-22-38)36-30(41)26(21-43-20-24-13-9-7-10-14-24)17-27(39)33(5,6)37-31(42)44-32(2,3)4/h7-16,18,22-23,26H,17,19-21H2,1-6H3,(H,35,40)(H,36,41)(H,37,42)/t23-,26?/m1/s1. The molecule has 11 nitrogen and oxygen atoms in total. The lowest BCUT2D eigenvalue weighted by molar-refractivity contribution is -0.131. The van der Waals surface area contributed by atoms with Gasteiger partial charge in [-0.15, -0.1) is 0 Å². The van der Waals surface area contributed by atoms with Crippen molar-refractivity contribution in [1.82, 2.24) is 20.2 Å². The Balaban J connectivity index is 1.63. The largest absolute Gasteiger partial charge is 0.444 e. The first kappa shape index (κ1) is 34.0. The van der Waals surface area contributed by atoms with Crippen LogP contribution >= 0.6 is 0 Å². The van der Waals surface area contributed by atoms with Gasteiger partial charge in [0.05, 0.1) is 37.0 Å². The van der Waals surface area contributed by atoms with E-state index in [1.54, 1.807) is 45.4 Å². The lowest BCUT2D eigenvalue weighted by Gasteiger charge is -2.28. The zero-order chi connectivity index (χ0) is 32.3. The molecular weight excluding hydrogens is 562 g/mol. The summed E-state index contributed by atoms with van der Waals surface area (Å²) in [7, 11) is 0. The molecule has 3 aromatic rings. The lowest BCUT2D eigenvalue weighted by atomic mass is 9.90. The zero-order valence-corrected chi connectivity index (χ0v) is 26.3. The summed E-state index contributed by atoms with van der Waals surface area (Å²) in [5, 5.41) is 8.27. The highest BCUT2D eigenvalue weighted by Gasteiger charge is 2.35. The maximum atomic E-state index is 13.4. The molecule has 0 saturated heterocycles. The van der Waals surface area contributed by atoms with Crippen molar-refractivity contribution >= 4 is 29.5 Å². The number of Topliss-reactive ketones (excluding diaryl/α,β-unsaturated/α-hetero) is 1. The highest BCUT2D eigenvalue weighted by atomic mass is 16.6. The Hall–Kier alpha value is -4.51. The summed E-state index contributed by atoms with van der Waals surface area (Å²) in [4.78, 5) is 55.8. The number of hydrogen-bond donors (Lipinski definition) is 3. The van der Waals surface area contributed by atoms with Crippen LogP contribution in [0.2, 0.25) is 0 Å². The summed E-state index contributed by atoms with van der Waals surface area (Å²) in [6.45, 7) is 10.4. The van der Waals surface area contributed by atoms with Gasteiger partial charge in [-0.1, -0.05) is 60.7 Å². The first-order valence-electron chi connectivity index (χ1n) is 14.5. The second-order valence-electron chi connectivity index (χ2n) is 12.2. The van der Waals surface area contributed by atoms with Crippen molar-refractivity contribution in [1.29, 1.82) is 0 Å². The molecule has 44 heavy (non-hydrogen) atoms. The second-order valence-corrected chi connectivity index (χ2v) is 12.2. The SMILES string of the molecule is C[C@@H](NC(=O)Cn1cnc(NC(=O)C(COCc2ccccc2)CC(=O)C(C)(C)NC(=O)OC(C)(C)C)c1)c1ccccc1. The fourth-order valence-electron chi connectivity index (χ4n) is 4.25. The first-order valence-corrected chi connectivity index (χ1v) is 14.5. The number of amides is 3. The number of nitrogens with one attached hydrogen (secondary N) is 3. The van der Waals surface area contributed by atoms with Gasteiger partial charge >= 0.3 is 6.09 Å². The molecule has 2 aromatic carbocycles. The molecule has 2 atom stereocenters. The second kappa shape index (κ2) is 15.3. The number of ketones is 1. The van der Waals surface area contributed by atoms with Crippen LogP contribution in [0.3, 0.4) is 0 Å². The minimum absolute atomic E-state index is 0.00662. The molecule has 3 amide bonds. The van der Waals surface area contributed by atoms with Crippen molar-refractivity contribution in [2.75, 3.05) is 11.9 Å². The van der Waals surface area contributed by atoms with E-state index in [-0.39, 0.29) is 49.7 Å². The van der Waals surface area contributed by atoms with Crippen LogP contribution in [-0.4, -0.2) is 51.0 Å². The molecule has 0 saturated carbocycles. The average molecular weight is 606 g/mol. The Morgan fingerprint density at radius 1 is 0.932 bits per heavy atom. The number of hydrogen-bond acceptors (Lipinski definition) is 7. The molecule has 3 rings (SSSR count). The van der Waals surface area contributed by atoms with Crippen LogP contribution in [0.4, 0.5) is 10.6 Å². The molecule has 236 valence electrons. The number of aromatic nitrogens is 2. The number of carbonyl (C=O) groups is 4. The summed E-state index contributed by atoms with van der Waals surface area (Å²) in [5.74, 6) is -1.72. The normalized spacial score (nSPS) is 13.0. The van der Waals surface area contributed by atoms with Gasteiger partial charge in [0.1, 0.15) is 12.1 Å². The maximum Gasteiger partial charge on any atom is 0.408 e. The molecule has 1 heterocycles. The molecule has 0 bridgehead atoms. The van der Waals surface area contributed by atoms with Gasteiger partial charge in [0.2, 0.25) is 11.8 Å². The summed E-state index contributed by atoms with van der Waals surface area (Å²) in [6.07, 6.45) is 2.05. The van der Waals surface area contributed by atoms with Crippen LogP contribution < -0.4 is 16.0 Å². The zero-order valence-electron chi connectivity index (χ0n) is 26.3. The molecule has 11 heteroatoms. The van der Waals surface area contributed by atoms with E-state index in [1.165, 1.54) is 6.33 Å². The number of alkyl carbamates (subject to hydrolysis) is 1. The minimum atomic E-state index is -1.30. The van der Waals surface area contributed by atoms with Gasteiger partial charge in [-0.25, -0.2) is 9.78 Å². The van der Waals surface area contributed by atoms with Crippen LogP contribution in [-0.2, 0) is 37.0 Å². The van der Waals surface area contributed by atoms with Crippen molar-refractivity contribution in [3.8, 4) is 0 Å². The molecule has 0 aliphatic heterocycles. The Morgan fingerprint density at radius 3 is 2.20 bits per heavy atom. The number of carbonyl (C=O) groups excluding carboxylic acids is 4. The maximum absolute atomic E-state index is 13.4. The van der Waals surface area contributed by atoms with Crippen molar-refractivity contribution in [3.05, 3.63) is 84.3 Å². The van der Waals surface area contributed by atoms with Gasteiger partial charge in [-0.05, 0) is 52.7 Å². The summed E-state index contributed by atoms with van der Waals surface area (Å²) >= 11 is 0. The van der Waals surface area contributed by atoms with Gasteiger partial charge in [0, 0.05) is 12.6 Å². The highest BCUT2D eigenvalue weighted by Crippen LogP contribution is 2.18. The minimum Gasteiger partial charge on any atom is -0.444 e. The third kappa shape index (κ3) is 11.3. The Bertz CT molecular complexity index is 1400. The predicted octanol–water partition coefficient (Wildman–Crippen LogP) is 4.79. The van der Waals surface area contributed by atoms with E-state index < -0.39 is 29.1 Å². The summed E-state index contributed by atoms with van der Waals surface area (Å²) in [6, 6.07) is 18.9. The van der Waals surface area contributed by atoms with Crippen LogP contribution in [0.5, 0.6) is 0 Å². The van der Waals surface area contributed by atoms with Gasteiger partial charge in [-0.2, -0.15) is 0 Å². The molecule has 0 spiro atoms. The number of imidazole rings is 1. The van der Waals surface area contributed by atoms with E-state index in [4.69, 9.17) is 9.47 Å². The number of ether oxygens (including phenoxy) is 2. The molecule has 0 aliphatic rings. The van der Waals surface area contributed by atoms with E-state index in [2.05, 4.69) is 20.9 Å². The third-order valence-corrected chi connectivity index (χ3v) is 6.63. The number of anilines is 1. The Kier molecular flexibility index (Phi) is 11.8. The smallest absolute Gasteiger partial charge is 0.408 e. The molecule has 0 aliphatic carbocycles. The fourth-order valence-corrected chi connectivity index (χ4v) is 4.25. The Labute approximate surface area is 258 Å². The number of rotatable bonds is 14. The lowest BCUT2D eigenvalue weighted by Crippen LogP contribution is -2.52. The molecule has 0 fully saturated rings. The van der Waals surface area contributed by atoms with Crippen LogP contribution in [0, 0.1) is 5.92 Å². The van der Waals surface area contributed by atoms with E-state index in [9.17, 15) is 19.2 Å². The molecule has 3 N–H and O–H groups in total. The topological polar surface area (TPSA) is 141 Å². The van der Waals surface area contributed by atoms with Gasteiger partial charge in [0.15, 0.2) is 11.6 Å². The number of benzene rings is 2.